The summed E-state index contributed by atoms with van der Waals surface area (Å²) in [5.74, 6) is 0.758. The number of amides is 1. The molecule has 4 nitrogen and oxygen atoms in total. The van der Waals surface area contributed by atoms with Gasteiger partial charge in [0, 0.05) is 12.1 Å². The number of nitrogens with zero attached hydrogens (tertiary/aromatic N) is 1. The highest BCUT2D eigenvalue weighted by Gasteiger charge is 2.05. The molecule has 0 aliphatic carbocycles. The minimum Gasteiger partial charge on any atom is -0.491 e. The Hall–Kier alpha value is -1.55. The van der Waals surface area contributed by atoms with E-state index in [1.165, 1.54) is 0 Å². The SMILES string of the molecule is CC(C)Oc1ccc(C(=O)NCCCN(C)C)cc1. The van der Waals surface area contributed by atoms with Crippen molar-refractivity contribution in [3.63, 3.8) is 0 Å². The standard InChI is InChI=1S/C15H24N2O2/c1-12(2)19-14-8-6-13(7-9-14)15(18)16-10-5-11-17(3)4/h6-9,12H,5,10-11H2,1-4H3,(H,16,18). The van der Waals surface area contributed by atoms with Gasteiger partial charge in [0.25, 0.3) is 5.91 Å². The number of ether oxygens (including phenoxy) is 1. The van der Waals surface area contributed by atoms with Crippen LogP contribution in [0.15, 0.2) is 24.3 Å². The largest absolute Gasteiger partial charge is 0.491 e. The van der Waals surface area contributed by atoms with Crippen molar-refractivity contribution in [3.05, 3.63) is 29.8 Å². The lowest BCUT2D eigenvalue weighted by atomic mass is 10.2. The zero-order chi connectivity index (χ0) is 14.3. The summed E-state index contributed by atoms with van der Waals surface area (Å²) in [5, 5.41) is 2.91. The molecular formula is C15H24N2O2. The summed E-state index contributed by atoms with van der Waals surface area (Å²) in [4.78, 5) is 14.0. The van der Waals surface area contributed by atoms with E-state index in [9.17, 15) is 4.79 Å². The van der Waals surface area contributed by atoms with E-state index in [0.717, 1.165) is 18.7 Å². The van der Waals surface area contributed by atoms with Gasteiger partial charge in [0.15, 0.2) is 0 Å². The summed E-state index contributed by atoms with van der Waals surface area (Å²) in [6.07, 6.45) is 1.10. The third-order valence-corrected chi connectivity index (χ3v) is 2.56. The molecule has 0 unspecified atom stereocenters. The van der Waals surface area contributed by atoms with E-state index in [1.54, 1.807) is 12.1 Å². The average Bonchev–Trinajstić information content (AvgIpc) is 2.34. The molecule has 0 aliphatic rings. The maximum Gasteiger partial charge on any atom is 0.251 e. The van der Waals surface area contributed by atoms with Gasteiger partial charge in [0.2, 0.25) is 0 Å². The third kappa shape index (κ3) is 6.25. The molecule has 0 bridgehead atoms. The molecule has 0 aliphatic heterocycles. The van der Waals surface area contributed by atoms with E-state index < -0.39 is 0 Å². The number of rotatable bonds is 7. The topological polar surface area (TPSA) is 41.6 Å². The highest BCUT2D eigenvalue weighted by atomic mass is 16.5. The first-order valence-corrected chi connectivity index (χ1v) is 6.68. The molecule has 1 N–H and O–H groups in total. The van der Waals surface area contributed by atoms with E-state index >= 15 is 0 Å². The van der Waals surface area contributed by atoms with Crippen LogP contribution in [0, 0.1) is 0 Å². The summed E-state index contributed by atoms with van der Waals surface area (Å²) in [5.41, 5.74) is 0.668. The Kier molecular flexibility index (Phi) is 6.36. The number of benzene rings is 1. The van der Waals surface area contributed by atoms with Crippen molar-refractivity contribution in [2.45, 2.75) is 26.4 Å². The zero-order valence-corrected chi connectivity index (χ0v) is 12.3. The minimum absolute atomic E-state index is 0.0325. The van der Waals surface area contributed by atoms with Crippen molar-refractivity contribution in [1.82, 2.24) is 10.2 Å². The predicted molar refractivity (Wildman–Crippen MR) is 77.7 cm³/mol. The first kappa shape index (κ1) is 15.5. The van der Waals surface area contributed by atoms with Crippen LogP contribution >= 0.6 is 0 Å². The van der Waals surface area contributed by atoms with Crippen LogP contribution in [0.4, 0.5) is 0 Å². The number of nitrogens with one attached hydrogen (secondary N) is 1. The first-order chi connectivity index (χ1) is 8.99. The van der Waals surface area contributed by atoms with Crippen molar-refractivity contribution in [2.24, 2.45) is 0 Å². The predicted octanol–water partition coefficient (Wildman–Crippen LogP) is 2.16. The van der Waals surface area contributed by atoms with Gasteiger partial charge in [-0.2, -0.15) is 0 Å². The summed E-state index contributed by atoms with van der Waals surface area (Å²) in [7, 11) is 4.05. The Balaban J connectivity index is 2.40. The van der Waals surface area contributed by atoms with Crippen LogP contribution in [0.25, 0.3) is 0 Å². The molecule has 4 heteroatoms. The Morgan fingerprint density at radius 3 is 2.42 bits per heavy atom. The van der Waals surface area contributed by atoms with Crippen molar-refractivity contribution >= 4 is 5.91 Å². The van der Waals surface area contributed by atoms with Gasteiger partial charge in [0.05, 0.1) is 6.10 Å². The van der Waals surface area contributed by atoms with Crippen LogP contribution in [-0.4, -0.2) is 44.1 Å². The Morgan fingerprint density at radius 1 is 1.26 bits per heavy atom. The molecule has 1 aromatic carbocycles. The summed E-state index contributed by atoms with van der Waals surface area (Å²) in [6.45, 7) is 5.62. The summed E-state index contributed by atoms with van der Waals surface area (Å²) >= 11 is 0. The third-order valence-electron chi connectivity index (χ3n) is 2.56. The van der Waals surface area contributed by atoms with Gasteiger partial charge in [-0.25, -0.2) is 0 Å². The van der Waals surface area contributed by atoms with Crippen LogP contribution < -0.4 is 10.1 Å². The molecule has 0 aromatic heterocycles. The van der Waals surface area contributed by atoms with E-state index in [-0.39, 0.29) is 12.0 Å². The number of carbonyl (C=O) groups excluding carboxylic acids is 1. The van der Waals surface area contributed by atoms with Crippen LogP contribution in [-0.2, 0) is 0 Å². The quantitative estimate of drug-likeness (QED) is 0.767. The highest BCUT2D eigenvalue weighted by molar-refractivity contribution is 5.94. The molecule has 19 heavy (non-hydrogen) atoms. The van der Waals surface area contributed by atoms with Crippen molar-refractivity contribution in [1.29, 1.82) is 0 Å². The molecule has 0 radical (unpaired) electrons. The molecule has 0 atom stereocenters. The van der Waals surface area contributed by atoms with E-state index in [4.69, 9.17) is 4.74 Å². The monoisotopic (exact) mass is 264 g/mol. The van der Waals surface area contributed by atoms with Crippen LogP contribution in [0.1, 0.15) is 30.6 Å². The molecule has 106 valence electrons. The average molecular weight is 264 g/mol. The van der Waals surface area contributed by atoms with Gasteiger partial charge in [-0.05, 0) is 65.2 Å². The fraction of sp³-hybridized carbons (Fsp3) is 0.533. The second-order valence-electron chi connectivity index (χ2n) is 5.10. The molecule has 0 saturated carbocycles. The Bertz CT molecular complexity index is 386. The molecular weight excluding hydrogens is 240 g/mol. The number of hydrogen-bond donors (Lipinski definition) is 1. The fourth-order valence-electron chi connectivity index (χ4n) is 1.66. The van der Waals surface area contributed by atoms with Crippen LogP contribution in [0.2, 0.25) is 0 Å². The summed E-state index contributed by atoms with van der Waals surface area (Å²) in [6, 6.07) is 7.24. The molecule has 0 saturated heterocycles. The summed E-state index contributed by atoms with van der Waals surface area (Å²) < 4.78 is 5.54. The van der Waals surface area contributed by atoms with Crippen molar-refractivity contribution in [3.8, 4) is 5.75 Å². The number of hydrogen-bond acceptors (Lipinski definition) is 3. The lowest BCUT2D eigenvalue weighted by Crippen LogP contribution is -2.27. The number of carbonyl (C=O) groups is 1. The van der Waals surface area contributed by atoms with Gasteiger partial charge in [-0.3, -0.25) is 4.79 Å². The lowest BCUT2D eigenvalue weighted by Gasteiger charge is -2.11. The molecule has 0 heterocycles. The van der Waals surface area contributed by atoms with E-state index in [0.29, 0.717) is 12.1 Å². The Morgan fingerprint density at radius 2 is 1.89 bits per heavy atom. The van der Waals surface area contributed by atoms with Crippen molar-refractivity contribution in [2.75, 3.05) is 27.2 Å². The molecule has 1 aromatic rings. The Labute approximate surface area is 115 Å². The second kappa shape index (κ2) is 7.79. The van der Waals surface area contributed by atoms with Crippen LogP contribution in [0.5, 0.6) is 5.75 Å². The second-order valence-corrected chi connectivity index (χ2v) is 5.10. The van der Waals surface area contributed by atoms with Gasteiger partial charge < -0.3 is 15.0 Å². The van der Waals surface area contributed by atoms with E-state index in [2.05, 4.69) is 10.2 Å². The van der Waals surface area contributed by atoms with Gasteiger partial charge in [-0.15, -0.1) is 0 Å². The van der Waals surface area contributed by atoms with Crippen LogP contribution in [0.3, 0.4) is 0 Å². The smallest absolute Gasteiger partial charge is 0.251 e. The maximum atomic E-state index is 11.9. The minimum atomic E-state index is -0.0325. The van der Waals surface area contributed by atoms with Gasteiger partial charge >= 0.3 is 0 Å². The van der Waals surface area contributed by atoms with E-state index in [1.807, 2.05) is 40.1 Å². The molecule has 0 fully saturated rings. The molecule has 0 spiro atoms. The lowest BCUT2D eigenvalue weighted by molar-refractivity contribution is 0.0952. The van der Waals surface area contributed by atoms with Gasteiger partial charge in [0.1, 0.15) is 5.75 Å². The molecule has 1 rings (SSSR count). The van der Waals surface area contributed by atoms with Gasteiger partial charge in [-0.1, -0.05) is 0 Å². The first-order valence-electron chi connectivity index (χ1n) is 6.68. The normalized spacial score (nSPS) is 10.8. The van der Waals surface area contributed by atoms with Crippen molar-refractivity contribution < 1.29 is 9.53 Å². The molecule has 1 amide bonds. The maximum absolute atomic E-state index is 11.9. The fourth-order valence-corrected chi connectivity index (χ4v) is 1.66. The zero-order valence-electron chi connectivity index (χ0n) is 12.3. The highest BCUT2D eigenvalue weighted by Crippen LogP contribution is 2.13.